The van der Waals surface area contributed by atoms with E-state index in [1.165, 1.54) is 13.2 Å². The van der Waals surface area contributed by atoms with Crippen LogP contribution >= 0.6 is 0 Å². The lowest BCUT2D eigenvalue weighted by atomic mass is 9.98. The maximum Gasteiger partial charge on any atom is 0.417 e. The third-order valence-electron chi connectivity index (χ3n) is 5.97. The summed E-state index contributed by atoms with van der Waals surface area (Å²) in [7, 11) is 1.51. The van der Waals surface area contributed by atoms with Gasteiger partial charge in [-0.15, -0.1) is 0 Å². The number of halogens is 4. The molecule has 0 fully saturated rings. The van der Waals surface area contributed by atoms with Gasteiger partial charge in [-0.2, -0.15) is 13.2 Å². The Morgan fingerprint density at radius 3 is 2.42 bits per heavy atom. The lowest BCUT2D eigenvalue weighted by molar-refractivity contribution is -0.137. The van der Waals surface area contributed by atoms with Crippen molar-refractivity contribution >= 4 is 28.2 Å². The molecule has 0 spiro atoms. The molecule has 3 aromatic carbocycles. The molecule has 1 aromatic heterocycles. The second-order valence-corrected chi connectivity index (χ2v) is 8.59. The van der Waals surface area contributed by atoms with Gasteiger partial charge in [-0.25, -0.2) is 4.39 Å². The number of H-pyrrole nitrogens is 1. The predicted molar refractivity (Wildman–Crippen MR) is 139 cm³/mol. The molecule has 0 aliphatic carbocycles. The fraction of sp³-hybridized carbons (Fsp3) is 0.143. The van der Waals surface area contributed by atoms with Gasteiger partial charge in [0.1, 0.15) is 5.82 Å². The van der Waals surface area contributed by atoms with Crippen molar-refractivity contribution in [3.63, 3.8) is 0 Å². The zero-order valence-electron chi connectivity index (χ0n) is 20.4. The van der Waals surface area contributed by atoms with Crippen LogP contribution in [0.4, 0.5) is 23.2 Å². The monoisotopic (exact) mass is 524 g/mol. The Balaban J connectivity index is 1.85. The topological polar surface area (TPSA) is 101 Å². The molecule has 196 valence electrons. The van der Waals surface area contributed by atoms with Gasteiger partial charge in [-0.1, -0.05) is 36.4 Å². The van der Waals surface area contributed by atoms with Crippen molar-refractivity contribution in [1.29, 1.82) is 5.41 Å². The molecule has 5 N–H and O–H groups in total. The van der Waals surface area contributed by atoms with Gasteiger partial charge in [-0.3, -0.25) is 4.79 Å². The van der Waals surface area contributed by atoms with Crippen molar-refractivity contribution in [1.82, 2.24) is 10.3 Å². The SMILES string of the molecule is CN/C=C\C(=N)c1cc(C(=O)Nc2c(-c3ccccc3)[nH]c3ccc(C(C)O)cc23)c(F)cc1C(F)(F)F. The van der Waals surface area contributed by atoms with Crippen LogP contribution in [0.1, 0.15) is 40.1 Å². The van der Waals surface area contributed by atoms with Crippen LogP contribution in [0.3, 0.4) is 0 Å². The summed E-state index contributed by atoms with van der Waals surface area (Å²) in [4.78, 5) is 16.5. The second kappa shape index (κ2) is 10.5. The average molecular weight is 525 g/mol. The predicted octanol–water partition coefficient (Wildman–Crippen LogP) is 6.40. The molecule has 10 heteroatoms. The number of fused-ring (bicyclic) bond motifs is 1. The fourth-order valence-electron chi connectivity index (χ4n) is 4.06. The van der Waals surface area contributed by atoms with Crippen molar-refractivity contribution < 1.29 is 27.5 Å². The molecule has 0 saturated heterocycles. The number of aliphatic hydroxyl groups is 1. The van der Waals surface area contributed by atoms with Crippen molar-refractivity contribution in [2.24, 2.45) is 0 Å². The first-order chi connectivity index (χ1) is 18.0. The molecule has 1 heterocycles. The molecule has 0 saturated carbocycles. The highest BCUT2D eigenvalue weighted by atomic mass is 19.4. The molecule has 1 atom stereocenters. The first kappa shape index (κ1) is 26.6. The van der Waals surface area contributed by atoms with Gasteiger partial charge >= 0.3 is 6.18 Å². The van der Waals surface area contributed by atoms with Crippen LogP contribution in [-0.2, 0) is 6.18 Å². The van der Waals surface area contributed by atoms with E-state index in [-0.39, 0.29) is 11.8 Å². The number of anilines is 1. The number of alkyl halides is 3. The van der Waals surface area contributed by atoms with Crippen LogP contribution in [-0.4, -0.2) is 28.8 Å². The van der Waals surface area contributed by atoms with Crippen LogP contribution in [0.5, 0.6) is 0 Å². The Labute approximate surface area is 215 Å². The first-order valence-corrected chi connectivity index (χ1v) is 11.5. The largest absolute Gasteiger partial charge is 0.417 e. The van der Waals surface area contributed by atoms with E-state index >= 15 is 0 Å². The highest BCUT2D eigenvalue weighted by molar-refractivity contribution is 6.15. The van der Waals surface area contributed by atoms with Crippen LogP contribution in [0.25, 0.3) is 22.2 Å². The minimum absolute atomic E-state index is 0.227. The Hall–Kier alpha value is -4.44. The van der Waals surface area contributed by atoms with Gasteiger partial charge < -0.3 is 26.1 Å². The number of aliphatic hydroxyl groups excluding tert-OH is 1. The molecule has 0 radical (unpaired) electrons. The minimum atomic E-state index is -4.94. The highest BCUT2D eigenvalue weighted by Crippen LogP contribution is 2.38. The number of carbonyl (C=O) groups is 1. The third kappa shape index (κ3) is 5.30. The molecule has 0 aliphatic heterocycles. The molecular weight excluding hydrogens is 500 g/mol. The summed E-state index contributed by atoms with van der Waals surface area (Å²) in [5.74, 6) is -2.38. The normalized spacial score (nSPS) is 12.6. The van der Waals surface area contributed by atoms with Crippen LogP contribution in [0.15, 0.2) is 72.9 Å². The van der Waals surface area contributed by atoms with E-state index in [2.05, 4.69) is 15.6 Å². The summed E-state index contributed by atoms with van der Waals surface area (Å²) in [6.07, 6.45) is -3.41. The number of hydrogen-bond donors (Lipinski definition) is 5. The van der Waals surface area contributed by atoms with E-state index in [1.807, 2.05) is 6.07 Å². The van der Waals surface area contributed by atoms with E-state index < -0.39 is 46.4 Å². The van der Waals surface area contributed by atoms with E-state index in [0.717, 1.165) is 12.1 Å². The maximum absolute atomic E-state index is 15.0. The number of aromatic nitrogens is 1. The van der Waals surface area contributed by atoms with E-state index in [9.17, 15) is 27.5 Å². The van der Waals surface area contributed by atoms with Crippen LogP contribution in [0.2, 0.25) is 0 Å². The van der Waals surface area contributed by atoms with Crippen LogP contribution < -0.4 is 10.6 Å². The number of rotatable bonds is 7. The summed E-state index contributed by atoms with van der Waals surface area (Å²) >= 11 is 0. The second-order valence-electron chi connectivity index (χ2n) is 8.59. The van der Waals surface area contributed by atoms with Crippen molar-refractivity contribution in [2.75, 3.05) is 12.4 Å². The molecule has 6 nitrogen and oxygen atoms in total. The molecule has 4 aromatic rings. The summed E-state index contributed by atoms with van der Waals surface area (Å²) in [6, 6.07) is 15.1. The summed E-state index contributed by atoms with van der Waals surface area (Å²) in [5, 5.41) is 23.9. The molecule has 38 heavy (non-hydrogen) atoms. The number of nitrogens with one attached hydrogen (secondary N) is 4. The summed E-state index contributed by atoms with van der Waals surface area (Å²) in [6.45, 7) is 1.58. The quantitative estimate of drug-likeness (QED) is 0.143. The van der Waals surface area contributed by atoms with E-state index in [1.54, 1.807) is 49.4 Å². The van der Waals surface area contributed by atoms with Gasteiger partial charge in [0.25, 0.3) is 5.91 Å². The third-order valence-corrected chi connectivity index (χ3v) is 5.97. The minimum Gasteiger partial charge on any atom is -0.394 e. The average Bonchev–Trinajstić information content (AvgIpc) is 3.24. The van der Waals surface area contributed by atoms with Gasteiger partial charge in [0.2, 0.25) is 0 Å². The Kier molecular flexibility index (Phi) is 7.36. The van der Waals surface area contributed by atoms with Gasteiger partial charge in [0, 0.05) is 29.1 Å². The smallest absolute Gasteiger partial charge is 0.394 e. The van der Waals surface area contributed by atoms with Gasteiger partial charge in [0.05, 0.1) is 34.3 Å². The highest BCUT2D eigenvalue weighted by Gasteiger charge is 2.36. The molecule has 0 aliphatic rings. The lowest BCUT2D eigenvalue weighted by Crippen LogP contribution is -2.19. The zero-order chi connectivity index (χ0) is 27.6. The number of benzene rings is 3. The first-order valence-electron chi connectivity index (χ1n) is 11.5. The summed E-state index contributed by atoms with van der Waals surface area (Å²) in [5.41, 5.74) is -0.570. The van der Waals surface area contributed by atoms with Crippen LogP contribution in [0, 0.1) is 11.2 Å². The molecule has 1 amide bonds. The molecule has 1 unspecified atom stereocenters. The Morgan fingerprint density at radius 1 is 1.08 bits per heavy atom. The van der Waals surface area contributed by atoms with Gasteiger partial charge in [0.15, 0.2) is 0 Å². The van der Waals surface area contributed by atoms with Crippen molar-refractivity contribution in [3.8, 4) is 11.3 Å². The summed E-state index contributed by atoms with van der Waals surface area (Å²) < 4.78 is 55.9. The standard InChI is InChI=1S/C28H24F4N4O2/c1-15(37)17-8-9-24-20(12-17)26(25(35-24)16-6-4-3-5-7-16)36-27(38)19-13-18(23(33)10-11-34-2)21(14-22(19)29)28(30,31)32/h3-15,33-35,37H,1-2H3,(H,36,38)/b11-10-,33-23?. The van der Waals surface area contributed by atoms with Gasteiger partial charge in [-0.05, 0) is 49.0 Å². The van der Waals surface area contributed by atoms with Crippen molar-refractivity contribution in [2.45, 2.75) is 19.2 Å². The fourth-order valence-corrected chi connectivity index (χ4v) is 4.06. The number of amides is 1. The Morgan fingerprint density at radius 2 is 1.79 bits per heavy atom. The number of carbonyl (C=O) groups excluding carboxylic acids is 1. The number of allylic oxidation sites excluding steroid dienone is 1. The van der Waals surface area contributed by atoms with E-state index in [0.29, 0.717) is 27.7 Å². The van der Waals surface area contributed by atoms with Crippen molar-refractivity contribution in [3.05, 3.63) is 101 Å². The lowest BCUT2D eigenvalue weighted by Gasteiger charge is -2.15. The molecule has 0 bridgehead atoms. The maximum atomic E-state index is 15.0. The Bertz CT molecular complexity index is 1540. The molecular formula is C28H24F4N4O2. The number of hydrogen-bond acceptors (Lipinski definition) is 4. The van der Waals surface area contributed by atoms with E-state index in [4.69, 9.17) is 5.41 Å². The number of aromatic amines is 1. The molecule has 4 rings (SSSR count). The zero-order valence-corrected chi connectivity index (χ0v) is 20.4.